The van der Waals surface area contributed by atoms with Gasteiger partial charge in [0.1, 0.15) is 0 Å². The molecule has 0 aliphatic carbocycles. The van der Waals surface area contributed by atoms with Crippen molar-refractivity contribution in [1.29, 1.82) is 0 Å². The van der Waals surface area contributed by atoms with Gasteiger partial charge in [-0.25, -0.2) is 8.42 Å². The lowest BCUT2D eigenvalue weighted by Gasteiger charge is -2.22. The molecule has 0 saturated carbocycles. The van der Waals surface area contributed by atoms with E-state index in [1.165, 1.54) is 38.6 Å². The summed E-state index contributed by atoms with van der Waals surface area (Å²) in [6, 6.07) is 12.8. The second-order valence-electron chi connectivity index (χ2n) is 6.99. The Bertz CT molecular complexity index is 1000. The van der Waals surface area contributed by atoms with Gasteiger partial charge in [0, 0.05) is 36.7 Å². The first kappa shape index (κ1) is 22.5. The molecule has 2 aromatic carbocycles. The van der Waals surface area contributed by atoms with Crippen LogP contribution in [0.15, 0.2) is 47.4 Å². The summed E-state index contributed by atoms with van der Waals surface area (Å²) in [5.74, 6) is -0.261. The van der Waals surface area contributed by atoms with Crippen LogP contribution in [-0.4, -0.2) is 49.7 Å². The van der Waals surface area contributed by atoms with Crippen LogP contribution in [0.4, 0.5) is 5.69 Å². The molecule has 1 aliphatic rings. The molecule has 29 heavy (non-hydrogen) atoms. The number of anilines is 1. The predicted octanol–water partition coefficient (Wildman–Crippen LogP) is 3.80. The zero-order valence-corrected chi connectivity index (χ0v) is 19.8. The van der Waals surface area contributed by atoms with Crippen LogP contribution >= 0.6 is 34.2 Å². The van der Waals surface area contributed by atoms with Crippen molar-refractivity contribution >= 4 is 55.8 Å². The molecule has 1 N–H and O–H groups in total. The number of halogens is 2. The molecule has 1 heterocycles. The second-order valence-corrected chi connectivity index (χ2v) is 10.6. The highest BCUT2D eigenvalue weighted by Gasteiger charge is 2.27. The fourth-order valence-electron chi connectivity index (χ4n) is 3.34. The number of sulfonamides is 1. The lowest BCUT2D eigenvalue weighted by Crippen LogP contribution is -2.35. The molecule has 0 unspecified atom stereocenters. The standard InChI is InChI=1S/C20H23ClIN3O3S/c1-15(26)23-20-7-6-18(13-19(20)21)29(27,28)25-9-3-8-24(10-11-25)14-16-4-2-5-17(22)12-16/h2,4-7,12-13H,3,8-11,14H2,1H3,(H,23,26). The maximum atomic E-state index is 13.1. The third-order valence-corrected chi connectivity index (χ3v) is 7.61. The van der Waals surface area contributed by atoms with E-state index in [1.807, 2.05) is 6.07 Å². The SMILES string of the molecule is CC(=O)Nc1ccc(S(=O)(=O)N2CCCN(Cc3cccc(I)c3)CC2)cc1Cl. The van der Waals surface area contributed by atoms with Gasteiger partial charge in [-0.3, -0.25) is 9.69 Å². The number of rotatable bonds is 5. The number of hydrogen-bond acceptors (Lipinski definition) is 4. The summed E-state index contributed by atoms with van der Waals surface area (Å²) in [4.78, 5) is 13.6. The zero-order chi connectivity index (χ0) is 21.0. The first-order valence-corrected chi connectivity index (χ1v) is 12.2. The number of nitrogens with one attached hydrogen (secondary N) is 1. The fourth-order valence-corrected chi connectivity index (χ4v) is 5.73. The largest absolute Gasteiger partial charge is 0.325 e. The van der Waals surface area contributed by atoms with Crippen molar-refractivity contribution in [2.45, 2.75) is 24.8 Å². The average Bonchev–Trinajstić information content (AvgIpc) is 2.89. The molecule has 1 fully saturated rings. The highest BCUT2D eigenvalue weighted by molar-refractivity contribution is 14.1. The van der Waals surface area contributed by atoms with Crippen LogP contribution in [0.3, 0.4) is 0 Å². The molecule has 1 saturated heterocycles. The Labute approximate surface area is 190 Å². The Morgan fingerprint density at radius 2 is 1.93 bits per heavy atom. The van der Waals surface area contributed by atoms with Crippen molar-refractivity contribution in [3.63, 3.8) is 0 Å². The number of carbonyl (C=O) groups excluding carboxylic acids is 1. The smallest absolute Gasteiger partial charge is 0.243 e. The molecule has 156 valence electrons. The van der Waals surface area contributed by atoms with Gasteiger partial charge in [0.2, 0.25) is 15.9 Å². The monoisotopic (exact) mass is 547 g/mol. The molecule has 0 aromatic heterocycles. The van der Waals surface area contributed by atoms with Gasteiger partial charge < -0.3 is 5.32 Å². The van der Waals surface area contributed by atoms with Crippen molar-refractivity contribution in [2.75, 3.05) is 31.5 Å². The number of benzene rings is 2. The van der Waals surface area contributed by atoms with E-state index in [4.69, 9.17) is 11.6 Å². The van der Waals surface area contributed by atoms with Crippen LogP contribution in [0.1, 0.15) is 18.9 Å². The summed E-state index contributed by atoms with van der Waals surface area (Å²) >= 11 is 8.47. The topological polar surface area (TPSA) is 69.7 Å². The van der Waals surface area contributed by atoms with Crippen molar-refractivity contribution in [2.24, 2.45) is 0 Å². The van der Waals surface area contributed by atoms with Gasteiger partial charge in [0.25, 0.3) is 0 Å². The minimum Gasteiger partial charge on any atom is -0.325 e. The lowest BCUT2D eigenvalue weighted by atomic mass is 10.2. The summed E-state index contributed by atoms with van der Waals surface area (Å²) in [6.45, 7) is 4.60. The second kappa shape index (κ2) is 9.74. The molecule has 6 nitrogen and oxygen atoms in total. The predicted molar refractivity (Wildman–Crippen MR) is 124 cm³/mol. The van der Waals surface area contributed by atoms with E-state index in [-0.39, 0.29) is 15.8 Å². The van der Waals surface area contributed by atoms with E-state index in [9.17, 15) is 13.2 Å². The van der Waals surface area contributed by atoms with Crippen molar-refractivity contribution in [3.05, 3.63) is 56.6 Å². The molecule has 0 spiro atoms. The summed E-state index contributed by atoms with van der Waals surface area (Å²) in [5.41, 5.74) is 1.63. The lowest BCUT2D eigenvalue weighted by molar-refractivity contribution is -0.114. The van der Waals surface area contributed by atoms with Gasteiger partial charge >= 0.3 is 0 Å². The summed E-state index contributed by atoms with van der Waals surface area (Å²) in [7, 11) is -3.65. The fraction of sp³-hybridized carbons (Fsp3) is 0.350. The van der Waals surface area contributed by atoms with Crippen LogP contribution < -0.4 is 5.32 Å². The van der Waals surface area contributed by atoms with Gasteiger partial charge in [-0.15, -0.1) is 0 Å². The molecular weight excluding hydrogens is 525 g/mol. The molecule has 0 radical (unpaired) electrons. The highest BCUT2D eigenvalue weighted by Crippen LogP contribution is 2.27. The van der Waals surface area contributed by atoms with Crippen molar-refractivity contribution in [3.8, 4) is 0 Å². The molecule has 0 atom stereocenters. The van der Waals surface area contributed by atoms with Gasteiger partial charge in [0.05, 0.1) is 15.6 Å². The maximum Gasteiger partial charge on any atom is 0.243 e. The van der Waals surface area contributed by atoms with Crippen LogP contribution in [-0.2, 0) is 21.4 Å². The van der Waals surface area contributed by atoms with Crippen molar-refractivity contribution < 1.29 is 13.2 Å². The normalized spacial score (nSPS) is 16.4. The van der Waals surface area contributed by atoms with E-state index < -0.39 is 10.0 Å². The third-order valence-electron chi connectivity index (χ3n) is 4.73. The summed E-state index contributed by atoms with van der Waals surface area (Å²) in [5, 5.41) is 2.79. The number of nitrogens with zero attached hydrogens (tertiary/aromatic N) is 2. The minimum atomic E-state index is -3.65. The minimum absolute atomic E-state index is 0.141. The molecular formula is C20H23ClIN3O3S. The number of amides is 1. The quantitative estimate of drug-likeness (QED) is 0.578. The molecule has 1 amide bonds. The van der Waals surface area contributed by atoms with Crippen LogP contribution in [0, 0.1) is 3.57 Å². The van der Waals surface area contributed by atoms with Crippen molar-refractivity contribution in [1.82, 2.24) is 9.21 Å². The van der Waals surface area contributed by atoms with Gasteiger partial charge in [-0.2, -0.15) is 4.31 Å². The van der Waals surface area contributed by atoms with E-state index in [2.05, 4.69) is 51.0 Å². The highest BCUT2D eigenvalue weighted by atomic mass is 127. The van der Waals surface area contributed by atoms with E-state index in [0.717, 1.165) is 19.5 Å². The first-order chi connectivity index (χ1) is 13.8. The molecule has 1 aliphatic heterocycles. The molecule has 2 aromatic rings. The molecule has 9 heteroatoms. The summed E-state index contributed by atoms with van der Waals surface area (Å²) < 4.78 is 28.9. The Morgan fingerprint density at radius 1 is 1.14 bits per heavy atom. The van der Waals surface area contributed by atoms with Crippen LogP contribution in [0.25, 0.3) is 0 Å². The third kappa shape index (κ3) is 5.91. The molecule has 3 rings (SSSR count). The Hall–Kier alpha value is -1.20. The Balaban J connectivity index is 1.70. The van der Waals surface area contributed by atoms with E-state index >= 15 is 0 Å². The molecule has 0 bridgehead atoms. The average molecular weight is 548 g/mol. The number of carbonyl (C=O) groups is 1. The Kier molecular flexibility index (Phi) is 7.55. The summed E-state index contributed by atoms with van der Waals surface area (Å²) in [6.07, 6.45) is 0.765. The Morgan fingerprint density at radius 3 is 2.62 bits per heavy atom. The van der Waals surface area contributed by atoms with Gasteiger partial charge in [0.15, 0.2) is 0 Å². The van der Waals surface area contributed by atoms with E-state index in [1.54, 1.807) is 0 Å². The van der Waals surface area contributed by atoms with Crippen LogP contribution in [0.5, 0.6) is 0 Å². The first-order valence-electron chi connectivity index (χ1n) is 9.30. The van der Waals surface area contributed by atoms with Gasteiger partial charge in [-0.1, -0.05) is 23.7 Å². The van der Waals surface area contributed by atoms with Gasteiger partial charge in [-0.05, 0) is 71.5 Å². The zero-order valence-electron chi connectivity index (χ0n) is 16.1. The van der Waals surface area contributed by atoms with E-state index in [0.29, 0.717) is 25.3 Å². The van der Waals surface area contributed by atoms with Crippen LogP contribution in [0.2, 0.25) is 5.02 Å². The maximum absolute atomic E-state index is 13.1. The number of hydrogen-bond donors (Lipinski definition) is 1.